The Bertz CT molecular complexity index is 587. The topological polar surface area (TPSA) is 46.6 Å². The van der Waals surface area contributed by atoms with Gasteiger partial charge < -0.3 is 9.64 Å². The van der Waals surface area contributed by atoms with Gasteiger partial charge in [0.05, 0.1) is 18.8 Å². The van der Waals surface area contributed by atoms with Crippen molar-refractivity contribution in [1.29, 1.82) is 0 Å². The number of fused-ring (bicyclic) bond motifs is 1. The Kier molecular flexibility index (Phi) is 5.34. The fraction of sp³-hybridized carbons (Fsp3) is 0.556. The normalized spacial score (nSPS) is 24.1. The molecule has 1 aliphatic heterocycles. The molecular weight excluding hydrogens is 314 g/mol. The van der Waals surface area contributed by atoms with Gasteiger partial charge in [0.1, 0.15) is 0 Å². The van der Waals surface area contributed by atoms with Crippen molar-refractivity contribution < 1.29 is 14.3 Å². The second-order valence-electron chi connectivity index (χ2n) is 6.28. The third-order valence-electron chi connectivity index (χ3n) is 4.77. The fourth-order valence-corrected chi connectivity index (χ4v) is 3.77. The van der Waals surface area contributed by atoms with Crippen LogP contribution in [0.5, 0.6) is 0 Å². The van der Waals surface area contributed by atoms with Crippen LogP contribution >= 0.6 is 11.6 Å². The number of carbonyl (C=O) groups is 2. The van der Waals surface area contributed by atoms with E-state index in [4.69, 9.17) is 16.3 Å². The molecule has 1 saturated carbocycles. The van der Waals surface area contributed by atoms with E-state index in [1.54, 1.807) is 24.3 Å². The number of carbonyl (C=O) groups excluding carboxylic acids is 2. The highest BCUT2D eigenvalue weighted by atomic mass is 35.5. The molecule has 1 heterocycles. The molecule has 2 unspecified atom stereocenters. The zero-order valence-electron chi connectivity index (χ0n) is 13.2. The first-order valence-corrected chi connectivity index (χ1v) is 8.73. The van der Waals surface area contributed by atoms with Gasteiger partial charge in [0.25, 0.3) is 0 Å². The summed E-state index contributed by atoms with van der Waals surface area (Å²) in [6.45, 7) is 1.25. The highest BCUT2D eigenvalue weighted by Gasteiger charge is 2.36. The Hall–Kier alpha value is -1.39. The van der Waals surface area contributed by atoms with E-state index < -0.39 is 0 Å². The Morgan fingerprint density at radius 2 is 2.04 bits per heavy atom. The second-order valence-corrected chi connectivity index (χ2v) is 6.72. The van der Waals surface area contributed by atoms with E-state index in [0.29, 0.717) is 23.7 Å². The minimum atomic E-state index is -0.0331. The van der Waals surface area contributed by atoms with Crippen molar-refractivity contribution >= 4 is 23.3 Å². The van der Waals surface area contributed by atoms with Gasteiger partial charge in [-0.3, -0.25) is 9.59 Å². The molecule has 0 bridgehead atoms. The molecule has 2 aliphatic rings. The van der Waals surface area contributed by atoms with E-state index in [1.165, 1.54) is 6.42 Å². The van der Waals surface area contributed by atoms with Gasteiger partial charge in [-0.2, -0.15) is 0 Å². The Labute approximate surface area is 141 Å². The molecular formula is C18H22ClNO3. The molecule has 3 rings (SSSR count). The lowest BCUT2D eigenvalue weighted by molar-refractivity contribution is -0.149. The minimum absolute atomic E-state index is 0.0331. The summed E-state index contributed by atoms with van der Waals surface area (Å²) >= 11 is 5.91. The number of ether oxygens (including phenoxy) is 1. The van der Waals surface area contributed by atoms with Gasteiger partial charge in [-0.15, -0.1) is 0 Å². The fourth-order valence-electron chi connectivity index (χ4n) is 3.58. The van der Waals surface area contributed by atoms with Crippen molar-refractivity contribution in [2.24, 2.45) is 0 Å². The van der Waals surface area contributed by atoms with Crippen LogP contribution in [0.2, 0.25) is 5.02 Å². The number of hydrogen-bond acceptors (Lipinski definition) is 3. The first kappa shape index (κ1) is 16.5. The maximum absolute atomic E-state index is 12.5. The van der Waals surface area contributed by atoms with Crippen LogP contribution in [0.4, 0.5) is 0 Å². The van der Waals surface area contributed by atoms with E-state index in [0.717, 1.165) is 19.3 Å². The molecule has 5 heteroatoms. The molecule has 0 aromatic heterocycles. The molecule has 1 saturated heterocycles. The monoisotopic (exact) mass is 335 g/mol. The molecule has 124 valence electrons. The van der Waals surface area contributed by atoms with Gasteiger partial charge in [-0.25, -0.2) is 0 Å². The van der Waals surface area contributed by atoms with E-state index in [2.05, 4.69) is 0 Å². The number of nitrogens with zero attached hydrogens (tertiary/aromatic N) is 1. The standard InChI is InChI=1S/C18H22ClNO3/c19-14-5-3-4-13(12-14)16(21)8-9-18(22)20-10-11-23-17-7-2-1-6-15(17)20/h3-5,12,15,17H,1-2,6-11H2. The van der Waals surface area contributed by atoms with Gasteiger partial charge in [0.15, 0.2) is 5.78 Å². The number of amides is 1. The number of Topliss-reactive ketones (excluding diaryl/α,β-unsaturated/α-hetero) is 1. The summed E-state index contributed by atoms with van der Waals surface area (Å²) < 4.78 is 5.79. The maximum atomic E-state index is 12.5. The number of rotatable bonds is 4. The average molecular weight is 336 g/mol. The Morgan fingerprint density at radius 1 is 1.22 bits per heavy atom. The van der Waals surface area contributed by atoms with Gasteiger partial charge in [0, 0.05) is 30.0 Å². The molecule has 2 atom stereocenters. The number of hydrogen-bond donors (Lipinski definition) is 0. The minimum Gasteiger partial charge on any atom is -0.374 e. The van der Waals surface area contributed by atoms with E-state index in [1.807, 2.05) is 4.90 Å². The highest BCUT2D eigenvalue weighted by molar-refractivity contribution is 6.31. The quantitative estimate of drug-likeness (QED) is 0.791. The molecule has 2 fully saturated rings. The van der Waals surface area contributed by atoms with Crippen LogP contribution in [0, 0.1) is 0 Å². The zero-order chi connectivity index (χ0) is 16.2. The lowest BCUT2D eigenvalue weighted by Crippen LogP contribution is -2.54. The van der Waals surface area contributed by atoms with Crippen LogP contribution in [-0.4, -0.2) is 41.9 Å². The predicted octanol–water partition coefficient (Wildman–Crippen LogP) is 3.47. The molecule has 1 aromatic rings. The summed E-state index contributed by atoms with van der Waals surface area (Å²) in [5.74, 6) is 0.0369. The summed E-state index contributed by atoms with van der Waals surface area (Å²) in [6, 6.07) is 7.09. The van der Waals surface area contributed by atoms with Crippen molar-refractivity contribution in [3.8, 4) is 0 Å². The van der Waals surface area contributed by atoms with Crippen LogP contribution in [0.3, 0.4) is 0 Å². The number of ketones is 1. The maximum Gasteiger partial charge on any atom is 0.223 e. The smallest absolute Gasteiger partial charge is 0.223 e. The van der Waals surface area contributed by atoms with Crippen molar-refractivity contribution in [3.63, 3.8) is 0 Å². The van der Waals surface area contributed by atoms with Crippen molar-refractivity contribution in [3.05, 3.63) is 34.9 Å². The third-order valence-corrected chi connectivity index (χ3v) is 5.00. The first-order chi connectivity index (χ1) is 11.1. The summed E-state index contributed by atoms with van der Waals surface area (Å²) in [6.07, 6.45) is 5.05. The van der Waals surface area contributed by atoms with Crippen LogP contribution in [0.1, 0.15) is 48.9 Å². The lowest BCUT2D eigenvalue weighted by atomic mass is 9.90. The first-order valence-electron chi connectivity index (χ1n) is 8.35. The molecule has 23 heavy (non-hydrogen) atoms. The largest absolute Gasteiger partial charge is 0.374 e. The predicted molar refractivity (Wildman–Crippen MR) is 88.7 cm³/mol. The number of morpholine rings is 1. The molecule has 1 aromatic carbocycles. The molecule has 1 aliphatic carbocycles. The Balaban J connectivity index is 1.57. The Morgan fingerprint density at radius 3 is 2.87 bits per heavy atom. The molecule has 0 spiro atoms. The van der Waals surface area contributed by atoms with Gasteiger partial charge >= 0.3 is 0 Å². The lowest BCUT2D eigenvalue weighted by Gasteiger charge is -2.43. The van der Waals surface area contributed by atoms with Crippen LogP contribution < -0.4 is 0 Å². The van der Waals surface area contributed by atoms with Crippen LogP contribution in [-0.2, 0) is 9.53 Å². The van der Waals surface area contributed by atoms with Gasteiger partial charge in [0.2, 0.25) is 5.91 Å². The molecule has 0 N–H and O–H groups in total. The SMILES string of the molecule is O=C(CCC(=O)N1CCOC2CCCCC21)c1cccc(Cl)c1. The summed E-state index contributed by atoms with van der Waals surface area (Å²) in [5, 5.41) is 0.542. The van der Waals surface area contributed by atoms with Gasteiger partial charge in [-0.1, -0.05) is 36.6 Å². The third kappa shape index (κ3) is 3.93. The zero-order valence-corrected chi connectivity index (χ0v) is 13.9. The molecule has 0 radical (unpaired) electrons. The summed E-state index contributed by atoms with van der Waals surface area (Å²) in [4.78, 5) is 26.7. The van der Waals surface area contributed by atoms with Crippen molar-refractivity contribution in [1.82, 2.24) is 4.90 Å². The highest BCUT2D eigenvalue weighted by Crippen LogP contribution is 2.29. The summed E-state index contributed by atoms with van der Waals surface area (Å²) in [7, 11) is 0. The average Bonchev–Trinajstić information content (AvgIpc) is 2.59. The number of benzene rings is 1. The molecule has 4 nitrogen and oxygen atoms in total. The van der Waals surface area contributed by atoms with E-state index in [-0.39, 0.29) is 36.7 Å². The van der Waals surface area contributed by atoms with Crippen LogP contribution in [0.15, 0.2) is 24.3 Å². The number of halogens is 1. The van der Waals surface area contributed by atoms with E-state index >= 15 is 0 Å². The summed E-state index contributed by atoms with van der Waals surface area (Å²) in [5.41, 5.74) is 0.572. The van der Waals surface area contributed by atoms with Crippen molar-refractivity contribution in [2.45, 2.75) is 50.7 Å². The second kappa shape index (κ2) is 7.45. The molecule has 1 amide bonds. The van der Waals surface area contributed by atoms with E-state index in [9.17, 15) is 9.59 Å². The van der Waals surface area contributed by atoms with Crippen LogP contribution in [0.25, 0.3) is 0 Å². The van der Waals surface area contributed by atoms with Crippen molar-refractivity contribution in [2.75, 3.05) is 13.2 Å². The van der Waals surface area contributed by atoms with Gasteiger partial charge in [-0.05, 0) is 25.0 Å².